The first kappa shape index (κ1) is 12.4. The SMILES string of the molecule is O=C1Nc2c(F)cccc2C1=Cc1cc2c(o1)CCCC2. The number of hydrogen-bond donors (Lipinski definition) is 1. The third-order valence-corrected chi connectivity index (χ3v) is 4.09. The molecule has 21 heavy (non-hydrogen) atoms. The van der Waals surface area contributed by atoms with E-state index in [9.17, 15) is 9.18 Å². The molecule has 0 radical (unpaired) electrons. The largest absolute Gasteiger partial charge is 0.461 e. The van der Waals surface area contributed by atoms with Gasteiger partial charge in [-0.1, -0.05) is 12.1 Å². The Balaban J connectivity index is 1.78. The zero-order valence-corrected chi connectivity index (χ0v) is 11.4. The van der Waals surface area contributed by atoms with Crippen molar-refractivity contribution in [2.45, 2.75) is 25.7 Å². The summed E-state index contributed by atoms with van der Waals surface area (Å²) in [6.45, 7) is 0. The highest BCUT2D eigenvalue weighted by Crippen LogP contribution is 2.35. The van der Waals surface area contributed by atoms with Gasteiger partial charge in [0, 0.05) is 12.0 Å². The number of carbonyl (C=O) groups is 1. The van der Waals surface area contributed by atoms with Crippen LogP contribution in [0, 0.1) is 5.82 Å². The smallest absolute Gasteiger partial charge is 0.256 e. The first-order chi connectivity index (χ1) is 10.2. The van der Waals surface area contributed by atoms with Crippen LogP contribution in [0.5, 0.6) is 0 Å². The molecule has 1 aromatic carbocycles. The lowest BCUT2D eigenvalue weighted by Crippen LogP contribution is -2.04. The van der Waals surface area contributed by atoms with Gasteiger partial charge in [0.2, 0.25) is 0 Å². The number of amides is 1. The summed E-state index contributed by atoms with van der Waals surface area (Å²) in [5.41, 5.74) is 2.53. The molecule has 2 heterocycles. The summed E-state index contributed by atoms with van der Waals surface area (Å²) in [4.78, 5) is 12.0. The van der Waals surface area contributed by atoms with E-state index in [0.29, 0.717) is 16.9 Å². The predicted molar refractivity (Wildman–Crippen MR) is 78.3 cm³/mol. The Hall–Kier alpha value is -2.36. The van der Waals surface area contributed by atoms with Crippen LogP contribution in [-0.2, 0) is 17.6 Å². The number of aryl methyl sites for hydroxylation is 2. The fraction of sp³-hybridized carbons (Fsp3) is 0.235. The standard InChI is InChI=1S/C17H14FNO2/c18-14-6-3-5-12-13(17(20)19-16(12)14)9-11-8-10-4-1-2-7-15(10)21-11/h3,5-6,8-9H,1-2,4,7H2,(H,19,20). The molecule has 1 aliphatic carbocycles. The molecule has 0 saturated carbocycles. The van der Waals surface area contributed by atoms with E-state index in [0.717, 1.165) is 25.0 Å². The molecule has 0 saturated heterocycles. The number of carbonyl (C=O) groups excluding carboxylic acids is 1. The van der Waals surface area contributed by atoms with E-state index in [1.807, 2.05) is 6.07 Å². The van der Waals surface area contributed by atoms with Crippen molar-refractivity contribution in [2.75, 3.05) is 5.32 Å². The van der Waals surface area contributed by atoms with E-state index in [1.165, 1.54) is 18.1 Å². The summed E-state index contributed by atoms with van der Waals surface area (Å²) in [5.74, 6) is 0.989. The number of nitrogens with one attached hydrogen (secondary N) is 1. The second kappa shape index (κ2) is 4.58. The third-order valence-electron chi connectivity index (χ3n) is 4.09. The Kier molecular flexibility index (Phi) is 2.70. The minimum atomic E-state index is -0.414. The van der Waals surface area contributed by atoms with Gasteiger partial charge in [0.05, 0.1) is 11.3 Å². The van der Waals surface area contributed by atoms with Crippen molar-refractivity contribution in [2.24, 2.45) is 0 Å². The molecule has 1 aliphatic heterocycles. The molecule has 1 aromatic heterocycles. The van der Waals surface area contributed by atoms with Crippen molar-refractivity contribution in [1.29, 1.82) is 0 Å². The van der Waals surface area contributed by atoms with Gasteiger partial charge < -0.3 is 9.73 Å². The maximum absolute atomic E-state index is 13.7. The van der Waals surface area contributed by atoms with Crippen LogP contribution in [0.4, 0.5) is 10.1 Å². The van der Waals surface area contributed by atoms with Crippen molar-refractivity contribution in [3.63, 3.8) is 0 Å². The summed E-state index contributed by atoms with van der Waals surface area (Å²) in [6.07, 6.45) is 6.01. The van der Waals surface area contributed by atoms with E-state index in [1.54, 1.807) is 18.2 Å². The molecule has 0 fully saturated rings. The number of furan rings is 1. The number of hydrogen-bond acceptors (Lipinski definition) is 2. The summed E-state index contributed by atoms with van der Waals surface area (Å²) in [7, 11) is 0. The van der Waals surface area contributed by atoms with Gasteiger partial charge in [-0.05, 0) is 43.0 Å². The maximum Gasteiger partial charge on any atom is 0.256 e. The first-order valence-electron chi connectivity index (χ1n) is 7.16. The Bertz CT molecular complexity index is 750. The van der Waals surface area contributed by atoms with Crippen LogP contribution in [-0.4, -0.2) is 5.91 Å². The number of para-hydroxylation sites is 1. The van der Waals surface area contributed by atoms with Gasteiger partial charge in [-0.2, -0.15) is 0 Å². The lowest BCUT2D eigenvalue weighted by molar-refractivity contribution is -0.110. The van der Waals surface area contributed by atoms with Gasteiger partial charge in [0.25, 0.3) is 5.91 Å². The third kappa shape index (κ3) is 1.98. The molecular weight excluding hydrogens is 269 g/mol. The summed E-state index contributed by atoms with van der Waals surface area (Å²) in [5, 5.41) is 2.57. The van der Waals surface area contributed by atoms with Crippen LogP contribution in [0.3, 0.4) is 0 Å². The summed E-state index contributed by atoms with van der Waals surface area (Å²) < 4.78 is 19.5. The zero-order valence-electron chi connectivity index (χ0n) is 11.4. The molecule has 3 nitrogen and oxygen atoms in total. The highest BCUT2D eigenvalue weighted by atomic mass is 19.1. The fourth-order valence-corrected chi connectivity index (χ4v) is 3.05. The van der Waals surface area contributed by atoms with Gasteiger partial charge in [-0.15, -0.1) is 0 Å². The van der Waals surface area contributed by atoms with Gasteiger partial charge in [0.1, 0.15) is 17.3 Å². The molecule has 2 aliphatic rings. The Labute approximate surface area is 121 Å². The van der Waals surface area contributed by atoms with Crippen LogP contribution in [0.25, 0.3) is 11.6 Å². The number of fused-ring (bicyclic) bond motifs is 2. The molecule has 4 rings (SSSR count). The number of benzene rings is 1. The van der Waals surface area contributed by atoms with E-state index in [4.69, 9.17) is 4.42 Å². The normalized spacial score (nSPS) is 18.5. The molecule has 0 bridgehead atoms. The minimum absolute atomic E-state index is 0.255. The van der Waals surface area contributed by atoms with E-state index in [2.05, 4.69) is 5.32 Å². The van der Waals surface area contributed by atoms with Crippen LogP contribution in [0.1, 0.15) is 35.5 Å². The molecule has 0 unspecified atom stereocenters. The Morgan fingerprint density at radius 1 is 1.24 bits per heavy atom. The molecule has 0 atom stereocenters. The predicted octanol–water partition coefficient (Wildman–Crippen LogP) is 3.79. The van der Waals surface area contributed by atoms with E-state index >= 15 is 0 Å². The van der Waals surface area contributed by atoms with E-state index in [-0.39, 0.29) is 11.6 Å². The van der Waals surface area contributed by atoms with Crippen molar-refractivity contribution in [3.8, 4) is 0 Å². The lowest BCUT2D eigenvalue weighted by atomic mass is 9.98. The molecule has 0 spiro atoms. The summed E-state index contributed by atoms with van der Waals surface area (Å²) >= 11 is 0. The molecule has 1 amide bonds. The van der Waals surface area contributed by atoms with Gasteiger partial charge in [-0.3, -0.25) is 4.79 Å². The Morgan fingerprint density at radius 3 is 2.95 bits per heavy atom. The average molecular weight is 283 g/mol. The molecule has 106 valence electrons. The highest BCUT2D eigenvalue weighted by Gasteiger charge is 2.27. The minimum Gasteiger partial charge on any atom is -0.461 e. The number of anilines is 1. The summed E-state index contributed by atoms with van der Waals surface area (Å²) in [6, 6.07) is 6.68. The van der Waals surface area contributed by atoms with Crippen LogP contribution in [0.2, 0.25) is 0 Å². The average Bonchev–Trinajstić information content (AvgIpc) is 3.02. The maximum atomic E-state index is 13.7. The van der Waals surface area contributed by atoms with Crippen LogP contribution in [0.15, 0.2) is 28.7 Å². The Morgan fingerprint density at radius 2 is 2.10 bits per heavy atom. The molecule has 4 heteroatoms. The molecule has 1 N–H and O–H groups in total. The van der Waals surface area contributed by atoms with Crippen LogP contribution >= 0.6 is 0 Å². The van der Waals surface area contributed by atoms with Gasteiger partial charge in [-0.25, -0.2) is 4.39 Å². The molecule has 2 aromatic rings. The number of halogens is 1. The van der Waals surface area contributed by atoms with Crippen molar-refractivity contribution >= 4 is 23.2 Å². The zero-order chi connectivity index (χ0) is 14.4. The van der Waals surface area contributed by atoms with Crippen molar-refractivity contribution in [1.82, 2.24) is 0 Å². The van der Waals surface area contributed by atoms with Crippen LogP contribution < -0.4 is 5.32 Å². The number of rotatable bonds is 1. The molecular formula is C17H14FNO2. The second-order valence-corrected chi connectivity index (χ2v) is 5.48. The second-order valence-electron chi connectivity index (χ2n) is 5.48. The topological polar surface area (TPSA) is 42.2 Å². The lowest BCUT2D eigenvalue weighted by Gasteiger charge is -2.07. The van der Waals surface area contributed by atoms with Gasteiger partial charge in [0.15, 0.2) is 0 Å². The van der Waals surface area contributed by atoms with E-state index < -0.39 is 5.82 Å². The monoisotopic (exact) mass is 283 g/mol. The first-order valence-corrected chi connectivity index (χ1v) is 7.16. The van der Waals surface area contributed by atoms with Crippen molar-refractivity contribution in [3.05, 3.63) is 52.7 Å². The highest BCUT2D eigenvalue weighted by molar-refractivity contribution is 6.34. The quantitative estimate of drug-likeness (QED) is 0.809. The van der Waals surface area contributed by atoms with Gasteiger partial charge >= 0.3 is 0 Å². The fourth-order valence-electron chi connectivity index (χ4n) is 3.05. The van der Waals surface area contributed by atoms with Crippen molar-refractivity contribution < 1.29 is 13.6 Å².